The van der Waals surface area contributed by atoms with Crippen LogP contribution in [0.5, 0.6) is 5.75 Å². The molecule has 0 unspecified atom stereocenters. The van der Waals surface area contributed by atoms with E-state index >= 15 is 0 Å². The van der Waals surface area contributed by atoms with Gasteiger partial charge in [-0.2, -0.15) is 0 Å². The summed E-state index contributed by atoms with van der Waals surface area (Å²) in [6.07, 6.45) is 1.84. The van der Waals surface area contributed by atoms with Crippen molar-refractivity contribution >= 4 is 34.4 Å². The van der Waals surface area contributed by atoms with Crippen LogP contribution in [0.25, 0.3) is 0 Å². The van der Waals surface area contributed by atoms with Gasteiger partial charge < -0.3 is 4.74 Å². The third-order valence-corrected chi connectivity index (χ3v) is 3.04. The molecule has 0 saturated carbocycles. The minimum Gasteiger partial charge on any atom is -0.493 e. The number of rotatable bonds is 2. The first kappa shape index (κ1) is 10.1. The number of hydrogen-bond donors (Lipinski definition) is 0. The van der Waals surface area contributed by atoms with E-state index in [1.54, 1.807) is 6.07 Å². The Labute approximate surface area is 88.8 Å². The fourth-order valence-corrected chi connectivity index (χ4v) is 1.97. The number of methoxy groups -OCH3 is 1. The highest BCUT2D eigenvalue weighted by Gasteiger charge is 2.11. The van der Waals surface area contributed by atoms with Crippen LogP contribution in [0.1, 0.15) is 0 Å². The SMILES string of the molecule is COc1c(I)ccc(SC)c1F. The Kier molecular flexibility index (Phi) is 3.64. The van der Waals surface area contributed by atoms with Crippen LogP contribution >= 0.6 is 34.4 Å². The van der Waals surface area contributed by atoms with Gasteiger partial charge in [-0.05, 0) is 41.0 Å². The number of halogens is 2. The van der Waals surface area contributed by atoms with Crippen LogP contribution in [-0.2, 0) is 0 Å². The minimum absolute atomic E-state index is 0.267. The van der Waals surface area contributed by atoms with Crippen LogP contribution in [0.2, 0.25) is 0 Å². The molecule has 0 saturated heterocycles. The molecule has 1 aromatic rings. The fourth-order valence-electron chi connectivity index (χ4n) is 0.859. The Balaban J connectivity index is 3.24. The molecule has 0 spiro atoms. The van der Waals surface area contributed by atoms with Gasteiger partial charge in [-0.15, -0.1) is 11.8 Å². The van der Waals surface area contributed by atoms with Gasteiger partial charge in [-0.3, -0.25) is 0 Å². The summed E-state index contributed by atoms with van der Waals surface area (Å²) in [5, 5.41) is 0. The van der Waals surface area contributed by atoms with Crippen molar-refractivity contribution in [1.29, 1.82) is 0 Å². The molecule has 1 nitrogen and oxygen atoms in total. The summed E-state index contributed by atoms with van der Waals surface area (Å²) in [7, 11) is 1.48. The van der Waals surface area contributed by atoms with Crippen molar-refractivity contribution < 1.29 is 9.13 Å². The third kappa shape index (κ3) is 1.85. The van der Waals surface area contributed by atoms with E-state index in [1.165, 1.54) is 18.9 Å². The van der Waals surface area contributed by atoms with E-state index in [-0.39, 0.29) is 5.82 Å². The summed E-state index contributed by atoms with van der Waals surface area (Å²) in [4.78, 5) is 0.618. The molecule has 0 atom stereocenters. The van der Waals surface area contributed by atoms with E-state index in [2.05, 4.69) is 0 Å². The predicted octanol–water partition coefficient (Wildman–Crippen LogP) is 3.16. The highest BCUT2D eigenvalue weighted by Crippen LogP contribution is 2.31. The zero-order valence-electron chi connectivity index (χ0n) is 6.73. The topological polar surface area (TPSA) is 9.23 Å². The van der Waals surface area contributed by atoms with Crippen molar-refractivity contribution in [2.75, 3.05) is 13.4 Å². The molecule has 0 amide bonds. The van der Waals surface area contributed by atoms with Crippen molar-refractivity contribution in [1.82, 2.24) is 0 Å². The first-order chi connectivity index (χ1) is 5.70. The molecular formula is C8H8FIOS. The first-order valence-corrected chi connectivity index (χ1v) is 5.57. The lowest BCUT2D eigenvalue weighted by Crippen LogP contribution is -1.92. The molecule has 0 aliphatic rings. The van der Waals surface area contributed by atoms with Crippen molar-refractivity contribution in [3.05, 3.63) is 21.5 Å². The Hall–Kier alpha value is 0.0300. The van der Waals surface area contributed by atoms with Gasteiger partial charge in [0.15, 0.2) is 11.6 Å². The quantitative estimate of drug-likeness (QED) is 0.613. The van der Waals surface area contributed by atoms with Crippen LogP contribution in [0.15, 0.2) is 17.0 Å². The van der Waals surface area contributed by atoms with Crippen LogP contribution in [0.4, 0.5) is 4.39 Å². The van der Waals surface area contributed by atoms with Gasteiger partial charge in [-0.1, -0.05) is 0 Å². The molecule has 4 heteroatoms. The van der Waals surface area contributed by atoms with E-state index in [0.29, 0.717) is 10.6 Å². The monoisotopic (exact) mass is 298 g/mol. The average molecular weight is 298 g/mol. The van der Waals surface area contributed by atoms with Gasteiger partial charge in [-0.25, -0.2) is 4.39 Å². The van der Waals surface area contributed by atoms with Gasteiger partial charge in [0.2, 0.25) is 0 Å². The van der Waals surface area contributed by atoms with E-state index in [0.717, 1.165) is 3.57 Å². The molecule has 0 aliphatic heterocycles. The van der Waals surface area contributed by atoms with E-state index < -0.39 is 0 Å². The fraction of sp³-hybridized carbons (Fsp3) is 0.250. The molecule has 0 fully saturated rings. The van der Waals surface area contributed by atoms with Crippen LogP contribution in [-0.4, -0.2) is 13.4 Å². The molecule has 0 N–H and O–H groups in total. The molecular weight excluding hydrogens is 290 g/mol. The molecule has 0 radical (unpaired) electrons. The second kappa shape index (κ2) is 4.32. The number of hydrogen-bond acceptors (Lipinski definition) is 2. The molecule has 66 valence electrons. The minimum atomic E-state index is -0.267. The Bertz CT molecular complexity index is 291. The number of ether oxygens (including phenoxy) is 1. The summed E-state index contributed by atoms with van der Waals surface area (Å²) < 4.78 is 19.1. The summed E-state index contributed by atoms with van der Waals surface area (Å²) in [5.74, 6) is 0.0688. The zero-order chi connectivity index (χ0) is 9.14. The summed E-state index contributed by atoms with van der Waals surface area (Å²) >= 11 is 3.42. The summed E-state index contributed by atoms with van der Waals surface area (Å²) in [6.45, 7) is 0. The maximum Gasteiger partial charge on any atom is 0.179 e. The van der Waals surface area contributed by atoms with Crippen molar-refractivity contribution in [3.8, 4) is 5.75 Å². The van der Waals surface area contributed by atoms with Crippen molar-refractivity contribution in [3.63, 3.8) is 0 Å². The predicted molar refractivity (Wildman–Crippen MR) is 57.5 cm³/mol. The van der Waals surface area contributed by atoms with E-state index in [9.17, 15) is 4.39 Å². The van der Waals surface area contributed by atoms with Gasteiger partial charge in [0.25, 0.3) is 0 Å². The highest BCUT2D eigenvalue weighted by atomic mass is 127. The second-order valence-corrected chi connectivity index (χ2v) is 4.11. The summed E-state index contributed by atoms with van der Waals surface area (Å²) in [6, 6.07) is 3.60. The molecule has 0 aliphatic carbocycles. The maximum absolute atomic E-state index is 13.4. The highest BCUT2D eigenvalue weighted by molar-refractivity contribution is 14.1. The lowest BCUT2D eigenvalue weighted by molar-refractivity contribution is 0.378. The lowest BCUT2D eigenvalue weighted by Gasteiger charge is -2.06. The Morgan fingerprint density at radius 3 is 2.67 bits per heavy atom. The second-order valence-electron chi connectivity index (χ2n) is 2.10. The molecule has 0 heterocycles. The molecule has 0 aromatic heterocycles. The van der Waals surface area contributed by atoms with E-state index in [4.69, 9.17) is 4.74 Å². The zero-order valence-corrected chi connectivity index (χ0v) is 9.70. The maximum atomic E-state index is 13.4. The standard InChI is InChI=1S/C8H8FIOS/c1-11-8-5(10)3-4-6(12-2)7(8)9/h3-4H,1-2H3. The largest absolute Gasteiger partial charge is 0.493 e. The lowest BCUT2D eigenvalue weighted by atomic mass is 10.3. The molecule has 1 aromatic carbocycles. The Morgan fingerprint density at radius 2 is 2.17 bits per heavy atom. The normalized spacial score (nSPS) is 10.0. The molecule has 12 heavy (non-hydrogen) atoms. The van der Waals surface area contributed by atoms with Crippen LogP contribution < -0.4 is 4.74 Å². The number of thioether (sulfide) groups is 1. The third-order valence-electron chi connectivity index (χ3n) is 1.44. The van der Waals surface area contributed by atoms with E-state index in [1.807, 2.05) is 34.9 Å². The first-order valence-electron chi connectivity index (χ1n) is 3.26. The van der Waals surface area contributed by atoms with Gasteiger partial charge in [0.05, 0.1) is 10.7 Å². The van der Waals surface area contributed by atoms with Gasteiger partial charge >= 0.3 is 0 Å². The van der Waals surface area contributed by atoms with Crippen LogP contribution in [0, 0.1) is 9.39 Å². The molecule has 0 bridgehead atoms. The van der Waals surface area contributed by atoms with Crippen molar-refractivity contribution in [2.24, 2.45) is 0 Å². The summed E-state index contributed by atoms with van der Waals surface area (Å²) in [5.41, 5.74) is 0. The molecule has 1 rings (SSSR count). The van der Waals surface area contributed by atoms with Crippen molar-refractivity contribution in [2.45, 2.75) is 4.90 Å². The average Bonchev–Trinajstić information content (AvgIpc) is 2.06. The van der Waals surface area contributed by atoms with Gasteiger partial charge in [0.1, 0.15) is 0 Å². The Morgan fingerprint density at radius 1 is 1.50 bits per heavy atom. The van der Waals surface area contributed by atoms with Gasteiger partial charge in [0, 0.05) is 4.90 Å². The van der Waals surface area contributed by atoms with Crippen LogP contribution in [0.3, 0.4) is 0 Å². The smallest absolute Gasteiger partial charge is 0.179 e. The number of benzene rings is 1.